The number of carbonyl (C=O) groups excluding carboxylic acids is 1. The van der Waals surface area contributed by atoms with Crippen molar-refractivity contribution < 1.29 is 24.2 Å². The van der Waals surface area contributed by atoms with Gasteiger partial charge in [0, 0.05) is 20.0 Å². The summed E-state index contributed by atoms with van der Waals surface area (Å²) < 4.78 is 12.4. The number of benzene rings is 2. The molecule has 0 fully saturated rings. The molecule has 0 spiro atoms. The molecule has 1 amide bonds. The zero-order valence-electron chi connectivity index (χ0n) is 18.4. The number of hydrogen-bond acceptors (Lipinski definition) is 5. The molecule has 4 rings (SSSR count). The van der Waals surface area contributed by atoms with Crippen molar-refractivity contribution in [2.45, 2.75) is 18.9 Å². The van der Waals surface area contributed by atoms with Crippen LogP contribution in [0.15, 0.2) is 48.5 Å². The summed E-state index contributed by atoms with van der Waals surface area (Å²) in [5.41, 5.74) is 5.20. The third-order valence-corrected chi connectivity index (χ3v) is 5.93. The molecular weight excluding hydrogens is 410 g/mol. The number of fused-ring (bicyclic) bond motifs is 3. The van der Waals surface area contributed by atoms with Crippen LogP contribution in [0.25, 0.3) is 11.1 Å². The fourth-order valence-corrected chi connectivity index (χ4v) is 4.49. The second-order valence-corrected chi connectivity index (χ2v) is 7.79. The standard InChI is InChI=1S/C24H25N3O5/c1-14-20(22(31-4)27(3)25-14)21(23(28)29)26(2)24(30)32-13-19-17-11-7-5-9-15(17)16-10-6-8-12-18(16)19/h5-12,19,21H,13H2,1-4H3,(H,28,29). The van der Waals surface area contributed by atoms with Gasteiger partial charge in [0.15, 0.2) is 6.04 Å². The Kier molecular flexibility index (Phi) is 5.61. The Hall–Kier alpha value is -3.81. The van der Waals surface area contributed by atoms with E-state index in [1.807, 2.05) is 36.4 Å². The maximum atomic E-state index is 12.9. The molecule has 3 aromatic rings. The number of aromatic nitrogens is 2. The van der Waals surface area contributed by atoms with E-state index in [4.69, 9.17) is 9.47 Å². The van der Waals surface area contributed by atoms with Crippen molar-refractivity contribution in [2.75, 3.05) is 20.8 Å². The summed E-state index contributed by atoms with van der Waals surface area (Å²) in [6, 6.07) is 14.8. The first kappa shape index (κ1) is 21.4. The van der Waals surface area contributed by atoms with Gasteiger partial charge in [-0.1, -0.05) is 48.5 Å². The number of carboxylic acids is 1. The number of rotatable bonds is 6. The second-order valence-electron chi connectivity index (χ2n) is 7.79. The molecule has 0 saturated carbocycles. The van der Waals surface area contributed by atoms with Crippen molar-refractivity contribution in [2.24, 2.45) is 7.05 Å². The van der Waals surface area contributed by atoms with Crippen LogP contribution in [-0.4, -0.2) is 52.6 Å². The fraction of sp³-hybridized carbons (Fsp3) is 0.292. The van der Waals surface area contributed by atoms with E-state index in [1.165, 1.54) is 18.8 Å². The minimum Gasteiger partial charge on any atom is -0.481 e. The quantitative estimate of drug-likeness (QED) is 0.634. The minimum absolute atomic E-state index is 0.104. The average molecular weight is 435 g/mol. The van der Waals surface area contributed by atoms with Crippen LogP contribution >= 0.6 is 0 Å². The molecule has 1 aromatic heterocycles. The van der Waals surface area contributed by atoms with Crippen LogP contribution < -0.4 is 4.74 Å². The highest BCUT2D eigenvalue weighted by Gasteiger charge is 2.36. The van der Waals surface area contributed by atoms with Gasteiger partial charge in [0.05, 0.1) is 18.4 Å². The van der Waals surface area contributed by atoms with Gasteiger partial charge in [-0.2, -0.15) is 5.10 Å². The summed E-state index contributed by atoms with van der Waals surface area (Å²) >= 11 is 0. The summed E-state index contributed by atoms with van der Waals surface area (Å²) in [4.78, 5) is 26.1. The Morgan fingerprint density at radius 2 is 1.69 bits per heavy atom. The van der Waals surface area contributed by atoms with Crippen LogP contribution in [0.2, 0.25) is 0 Å². The molecular formula is C24H25N3O5. The van der Waals surface area contributed by atoms with E-state index in [0.29, 0.717) is 11.3 Å². The summed E-state index contributed by atoms with van der Waals surface area (Å²) in [5, 5.41) is 14.1. The number of nitrogens with zero attached hydrogens (tertiary/aromatic N) is 3. The van der Waals surface area contributed by atoms with Crippen molar-refractivity contribution in [1.29, 1.82) is 0 Å². The number of aliphatic carboxylic acids is 1. The molecule has 1 aliphatic carbocycles. The number of carboxylic acid groups (broad SMARTS) is 1. The Morgan fingerprint density at radius 1 is 1.12 bits per heavy atom. The van der Waals surface area contributed by atoms with Crippen LogP contribution in [0.1, 0.15) is 34.3 Å². The topological polar surface area (TPSA) is 93.9 Å². The third-order valence-electron chi connectivity index (χ3n) is 5.93. The number of ether oxygens (including phenoxy) is 2. The van der Waals surface area contributed by atoms with Crippen molar-refractivity contribution in [3.63, 3.8) is 0 Å². The number of carbonyl (C=O) groups is 2. The molecule has 1 atom stereocenters. The van der Waals surface area contributed by atoms with E-state index in [2.05, 4.69) is 17.2 Å². The van der Waals surface area contributed by atoms with Gasteiger partial charge < -0.3 is 14.6 Å². The summed E-state index contributed by atoms with van der Waals surface area (Å²) in [6.45, 7) is 1.78. The molecule has 1 N–H and O–H groups in total. The van der Waals surface area contributed by atoms with Crippen molar-refractivity contribution in [3.8, 4) is 17.0 Å². The molecule has 2 aromatic carbocycles. The lowest BCUT2D eigenvalue weighted by Crippen LogP contribution is -2.37. The zero-order chi connectivity index (χ0) is 23.0. The average Bonchev–Trinajstić information content (AvgIpc) is 3.25. The molecule has 8 heteroatoms. The SMILES string of the molecule is COc1c(C(C(=O)O)N(C)C(=O)OCC2c3ccccc3-c3ccccc32)c(C)nn1C. The molecule has 32 heavy (non-hydrogen) atoms. The third kappa shape index (κ3) is 3.47. The lowest BCUT2D eigenvalue weighted by molar-refractivity contribution is -0.142. The van der Waals surface area contributed by atoms with Crippen LogP contribution in [0.5, 0.6) is 5.88 Å². The maximum Gasteiger partial charge on any atom is 0.410 e. The van der Waals surface area contributed by atoms with Crippen molar-refractivity contribution >= 4 is 12.1 Å². The fourth-order valence-electron chi connectivity index (χ4n) is 4.49. The largest absolute Gasteiger partial charge is 0.481 e. The van der Waals surface area contributed by atoms with E-state index >= 15 is 0 Å². The Balaban J connectivity index is 1.57. The van der Waals surface area contributed by atoms with Crippen molar-refractivity contribution in [3.05, 3.63) is 70.9 Å². The monoisotopic (exact) mass is 435 g/mol. The number of likely N-dealkylation sites (N-methyl/N-ethyl adjacent to an activating group) is 1. The Morgan fingerprint density at radius 3 is 2.22 bits per heavy atom. The van der Waals surface area contributed by atoms with Gasteiger partial charge in [-0.25, -0.2) is 14.3 Å². The molecule has 0 saturated heterocycles. The van der Waals surface area contributed by atoms with E-state index in [0.717, 1.165) is 27.2 Å². The minimum atomic E-state index is -1.30. The first-order chi connectivity index (χ1) is 15.3. The predicted molar refractivity (Wildman–Crippen MR) is 118 cm³/mol. The number of amides is 1. The normalized spacial score (nSPS) is 13.2. The van der Waals surface area contributed by atoms with Gasteiger partial charge in [-0.05, 0) is 29.2 Å². The molecule has 0 radical (unpaired) electrons. The van der Waals surface area contributed by atoms with E-state index in [9.17, 15) is 14.7 Å². The second kappa shape index (κ2) is 8.37. The predicted octanol–water partition coefficient (Wildman–Crippen LogP) is 3.74. The zero-order valence-corrected chi connectivity index (χ0v) is 18.4. The van der Waals surface area contributed by atoms with Gasteiger partial charge in [0.1, 0.15) is 6.61 Å². The first-order valence-electron chi connectivity index (χ1n) is 10.2. The van der Waals surface area contributed by atoms with Gasteiger partial charge in [-0.15, -0.1) is 0 Å². The highest BCUT2D eigenvalue weighted by atomic mass is 16.6. The van der Waals surface area contributed by atoms with Crippen LogP contribution in [0.3, 0.4) is 0 Å². The molecule has 166 valence electrons. The lowest BCUT2D eigenvalue weighted by atomic mass is 9.98. The van der Waals surface area contributed by atoms with Crippen molar-refractivity contribution in [1.82, 2.24) is 14.7 Å². The van der Waals surface area contributed by atoms with E-state index in [1.54, 1.807) is 14.0 Å². The number of aryl methyl sites for hydroxylation is 2. The molecule has 0 bridgehead atoms. The van der Waals surface area contributed by atoms with Gasteiger partial charge >= 0.3 is 12.1 Å². The van der Waals surface area contributed by atoms with Crippen LogP contribution in [-0.2, 0) is 16.6 Å². The maximum absolute atomic E-state index is 12.9. The van der Waals surface area contributed by atoms with Gasteiger partial charge in [-0.3, -0.25) is 4.90 Å². The molecule has 8 nitrogen and oxygen atoms in total. The summed E-state index contributed by atoms with van der Waals surface area (Å²) in [6.07, 6.45) is -0.732. The molecule has 0 aliphatic heterocycles. The lowest BCUT2D eigenvalue weighted by Gasteiger charge is -2.25. The number of hydrogen-bond donors (Lipinski definition) is 1. The van der Waals surface area contributed by atoms with Crippen LogP contribution in [0, 0.1) is 6.92 Å². The summed E-state index contributed by atoms with van der Waals surface area (Å²) in [7, 11) is 4.50. The van der Waals surface area contributed by atoms with Crippen LogP contribution in [0.4, 0.5) is 4.79 Å². The number of methoxy groups -OCH3 is 1. The van der Waals surface area contributed by atoms with E-state index < -0.39 is 18.1 Å². The van der Waals surface area contributed by atoms with E-state index in [-0.39, 0.29) is 18.4 Å². The Labute approximate surface area is 186 Å². The van der Waals surface area contributed by atoms with Gasteiger partial charge in [0.2, 0.25) is 5.88 Å². The Bertz CT molecular complexity index is 1140. The molecule has 1 heterocycles. The van der Waals surface area contributed by atoms with Gasteiger partial charge in [0.25, 0.3) is 0 Å². The highest BCUT2D eigenvalue weighted by Crippen LogP contribution is 2.44. The smallest absolute Gasteiger partial charge is 0.410 e. The first-order valence-corrected chi connectivity index (χ1v) is 10.2. The summed E-state index contributed by atoms with van der Waals surface area (Å²) in [5.74, 6) is -1.03. The molecule has 1 aliphatic rings. The molecule has 1 unspecified atom stereocenters. The highest BCUT2D eigenvalue weighted by molar-refractivity contribution is 5.83.